The summed E-state index contributed by atoms with van der Waals surface area (Å²) in [5.74, 6) is 0. The average Bonchev–Trinajstić information content (AvgIpc) is 3.79. The summed E-state index contributed by atoms with van der Waals surface area (Å²) in [6.45, 7) is 4.81. The molecule has 7 aromatic carbocycles. The monoisotopic (exact) mass is 597 g/mol. The smallest absolute Gasteiger partial charge is 0.0726 e. The second kappa shape index (κ2) is 8.57. The normalized spacial score (nSPS) is 15.4. The molecular formula is C46H31N. The summed E-state index contributed by atoms with van der Waals surface area (Å²) in [7, 11) is 0. The highest BCUT2D eigenvalue weighted by atomic mass is 15.0. The van der Waals surface area contributed by atoms with Crippen LogP contribution in [0.4, 0.5) is 0 Å². The summed E-state index contributed by atoms with van der Waals surface area (Å²) in [6, 6.07) is 57.2. The molecule has 0 N–H and O–H groups in total. The molecule has 0 aliphatic heterocycles. The number of fused-ring (bicyclic) bond motifs is 17. The minimum absolute atomic E-state index is 0.130. The Morgan fingerprint density at radius 3 is 1.53 bits per heavy atom. The van der Waals surface area contributed by atoms with Crippen LogP contribution in [-0.4, -0.2) is 4.57 Å². The molecule has 0 saturated carbocycles. The summed E-state index contributed by atoms with van der Waals surface area (Å²) >= 11 is 0. The van der Waals surface area contributed by atoms with Crippen molar-refractivity contribution in [2.24, 2.45) is 0 Å². The highest BCUT2D eigenvalue weighted by Gasteiger charge is 2.51. The Bertz CT molecular complexity index is 2600. The topological polar surface area (TPSA) is 4.93 Å². The van der Waals surface area contributed by atoms with Crippen molar-refractivity contribution in [1.29, 1.82) is 0 Å². The molecule has 1 heteroatoms. The Hall–Kier alpha value is -5.66. The minimum atomic E-state index is -0.370. The Kier molecular flexibility index (Phi) is 4.66. The second-order valence-corrected chi connectivity index (χ2v) is 14.0. The number of hydrogen-bond donors (Lipinski definition) is 0. The van der Waals surface area contributed by atoms with Crippen molar-refractivity contribution in [2.45, 2.75) is 24.7 Å². The van der Waals surface area contributed by atoms with E-state index in [1.807, 2.05) is 0 Å². The molecule has 0 saturated heterocycles. The zero-order chi connectivity index (χ0) is 31.1. The van der Waals surface area contributed by atoms with Crippen LogP contribution in [0.25, 0.3) is 60.9 Å². The molecule has 1 spiro atoms. The third kappa shape index (κ3) is 2.89. The van der Waals surface area contributed by atoms with Gasteiger partial charge in [0.05, 0.1) is 16.4 Å². The standard InChI is InChI=1S/C46H31N/c1-45(2)37-18-8-3-16-32(37)35-25-26-36-34-17-7-12-22-42(34)47(44(36)43(35)45)28-23-24-33-31-15-6-11-21-40(31)46(41(33)27-28)38-19-9-4-13-29(38)30-14-5-10-20-39(30)46/h3-27H,1-2H3. The molecule has 3 aliphatic carbocycles. The first kappa shape index (κ1) is 25.5. The van der Waals surface area contributed by atoms with Gasteiger partial charge in [0.25, 0.3) is 0 Å². The van der Waals surface area contributed by atoms with Gasteiger partial charge < -0.3 is 4.57 Å². The number of aromatic nitrogens is 1. The molecule has 0 unspecified atom stereocenters. The molecule has 0 radical (unpaired) electrons. The number of nitrogens with zero attached hydrogens (tertiary/aromatic N) is 1. The maximum atomic E-state index is 2.57. The zero-order valence-corrected chi connectivity index (χ0v) is 26.4. The zero-order valence-electron chi connectivity index (χ0n) is 26.4. The van der Waals surface area contributed by atoms with Crippen LogP contribution in [0, 0.1) is 0 Å². The molecule has 1 nitrogen and oxygen atoms in total. The molecule has 47 heavy (non-hydrogen) atoms. The van der Waals surface area contributed by atoms with Crippen LogP contribution in [0.5, 0.6) is 0 Å². The van der Waals surface area contributed by atoms with Crippen molar-refractivity contribution in [3.05, 3.63) is 185 Å². The van der Waals surface area contributed by atoms with E-state index in [-0.39, 0.29) is 10.8 Å². The lowest BCUT2D eigenvalue weighted by Crippen LogP contribution is -2.26. The van der Waals surface area contributed by atoms with Gasteiger partial charge in [0.15, 0.2) is 0 Å². The summed E-state index contributed by atoms with van der Waals surface area (Å²) in [5, 5.41) is 2.61. The molecule has 0 bridgehead atoms. The van der Waals surface area contributed by atoms with E-state index >= 15 is 0 Å². The maximum Gasteiger partial charge on any atom is 0.0726 e. The van der Waals surface area contributed by atoms with Gasteiger partial charge in [-0.05, 0) is 85.0 Å². The van der Waals surface area contributed by atoms with E-state index in [0.717, 1.165) is 0 Å². The minimum Gasteiger partial charge on any atom is -0.309 e. The Morgan fingerprint density at radius 2 is 0.894 bits per heavy atom. The molecule has 220 valence electrons. The van der Waals surface area contributed by atoms with Crippen molar-refractivity contribution in [3.63, 3.8) is 0 Å². The molecule has 0 fully saturated rings. The fourth-order valence-electron chi connectivity index (χ4n) is 9.80. The molecular weight excluding hydrogens is 567 g/mol. The van der Waals surface area contributed by atoms with Crippen LogP contribution in [0.3, 0.4) is 0 Å². The van der Waals surface area contributed by atoms with E-state index in [0.29, 0.717) is 0 Å². The van der Waals surface area contributed by atoms with E-state index in [1.54, 1.807) is 0 Å². The summed E-state index contributed by atoms with van der Waals surface area (Å²) in [5.41, 5.74) is 19.7. The van der Waals surface area contributed by atoms with Crippen LogP contribution in [0.15, 0.2) is 152 Å². The van der Waals surface area contributed by atoms with Gasteiger partial charge in [-0.15, -0.1) is 0 Å². The predicted molar refractivity (Wildman–Crippen MR) is 195 cm³/mol. The van der Waals surface area contributed by atoms with Crippen LogP contribution in [0.1, 0.15) is 47.2 Å². The van der Waals surface area contributed by atoms with Crippen molar-refractivity contribution in [1.82, 2.24) is 4.57 Å². The lowest BCUT2D eigenvalue weighted by Gasteiger charge is -2.31. The van der Waals surface area contributed by atoms with Crippen molar-refractivity contribution >= 4 is 21.8 Å². The van der Waals surface area contributed by atoms with Gasteiger partial charge in [0.1, 0.15) is 0 Å². The fraction of sp³-hybridized carbons (Fsp3) is 0.0870. The van der Waals surface area contributed by atoms with Crippen molar-refractivity contribution < 1.29 is 0 Å². The van der Waals surface area contributed by atoms with E-state index < -0.39 is 0 Å². The second-order valence-electron chi connectivity index (χ2n) is 14.0. The van der Waals surface area contributed by atoms with Gasteiger partial charge in [0.2, 0.25) is 0 Å². The van der Waals surface area contributed by atoms with E-state index in [1.165, 1.54) is 94.3 Å². The van der Waals surface area contributed by atoms with Crippen LogP contribution < -0.4 is 0 Å². The van der Waals surface area contributed by atoms with Gasteiger partial charge in [-0.3, -0.25) is 0 Å². The summed E-state index contributed by atoms with van der Waals surface area (Å²) in [6.07, 6.45) is 0. The number of benzene rings is 7. The van der Waals surface area contributed by atoms with Gasteiger partial charge in [-0.25, -0.2) is 0 Å². The van der Waals surface area contributed by atoms with Gasteiger partial charge in [-0.1, -0.05) is 147 Å². The Morgan fingerprint density at radius 1 is 0.404 bits per heavy atom. The van der Waals surface area contributed by atoms with Crippen LogP contribution in [-0.2, 0) is 10.8 Å². The first-order valence-corrected chi connectivity index (χ1v) is 16.7. The van der Waals surface area contributed by atoms with Gasteiger partial charge in [-0.2, -0.15) is 0 Å². The quantitative estimate of drug-likeness (QED) is 0.177. The van der Waals surface area contributed by atoms with E-state index in [9.17, 15) is 0 Å². The van der Waals surface area contributed by atoms with E-state index in [2.05, 4.69) is 170 Å². The molecule has 1 aromatic heterocycles. The molecule has 3 aliphatic rings. The molecule has 0 amide bonds. The molecule has 1 heterocycles. The Balaban J connectivity index is 1.28. The third-order valence-electron chi connectivity index (χ3n) is 11.6. The average molecular weight is 598 g/mol. The Labute approximate surface area is 274 Å². The van der Waals surface area contributed by atoms with Crippen molar-refractivity contribution in [3.8, 4) is 39.1 Å². The number of rotatable bonds is 1. The van der Waals surface area contributed by atoms with Crippen LogP contribution in [0.2, 0.25) is 0 Å². The van der Waals surface area contributed by atoms with Gasteiger partial charge >= 0.3 is 0 Å². The SMILES string of the molecule is CC1(C)c2ccccc2-c2ccc3c4ccccc4n(-c4ccc5c(c4)C4(c6ccccc6-c6ccccc64)c4ccccc4-5)c3c21. The van der Waals surface area contributed by atoms with Gasteiger partial charge in [0, 0.05) is 21.9 Å². The highest BCUT2D eigenvalue weighted by molar-refractivity contribution is 6.13. The van der Waals surface area contributed by atoms with Crippen LogP contribution >= 0.6 is 0 Å². The fourth-order valence-corrected chi connectivity index (χ4v) is 9.80. The highest BCUT2D eigenvalue weighted by Crippen LogP contribution is 2.63. The predicted octanol–water partition coefficient (Wildman–Crippen LogP) is 11.4. The third-order valence-corrected chi connectivity index (χ3v) is 11.6. The lowest BCUT2D eigenvalue weighted by molar-refractivity contribution is 0.664. The lowest BCUT2D eigenvalue weighted by atomic mass is 9.70. The summed E-state index contributed by atoms with van der Waals surface area (Å²) in [4.78, 5) is 0. The largest absolute Gasteiger partial charge is 0.309 e. The number of hydrogen-bond acceptors (Lipinski definition) is 0. The van der Waals surface area contributed by atoms with E-state index in [4.69, 9.17) is 0 Å². The van der Waals surface area contributed by atoms with Crippen molar-refractivity contribution in [2.75, 3.05) is 0 Å². The summed E-state index contributed by atoms with van der Waals surface area (Å²) < 4.78 is 2.57. The first-order chi connectivity index (χ1) is 23.1. The first-order valence-electron chi connectivity index (χ1n) is 16.7. The number of para-hydroxylation sites is 1. The molecule has 0 atom stereocenters. The maximum absolute atomic E-state index is 2.57. The molecule has 8 aromatic rings. The molecule has 11 rings (SSSR count).